The van der Waals surface area contributed by atoms with Crippen LogP contribution in [-0.2, 0) is 9.59 Å². The van der Waals surface area contributed by atoms with Crippen LogP contribution in [0.2, 0.25) is 0 Å². The SMILES string of the molecule is CCC(=O)N(c1ccccc1)C1CC(C)N(C(=O)c2ccc(C3CCN(C(C)=O)CC3)cc2)c2ccccc21. The Labute approximate surface area is 231 Å². The second kappa shape index (κ2) is 11.4. The zero-order valence-corrected chi connectivity index (χ0v) is 23.0. The van der Waals surface area contributed by atoms with Gasteiger partial charge in [-0.15, -0.1) is 0 Å². The summed E-state index contributed by atoms with van der Waals surface area (Å²) in [6, 6.07) is 25.6. The summed E-state index contributed by atoms with van der Waals surface area (Å²) in [5.41, 5.74) is 4.60. The Morgan fingerprint density at radius 3 is 2.15 bits per heavy atom. The molecule has 2 atom stereocenters. The fourth-order valence-electron chi connectivity index (χ4n) is 6.16. The van der Waals surface area contributed by atoms with Crippen molar-refractivity contribution in [3.63, 3.8) is 0 Å². The molecule has 0 N–H and O–H groups in total. The van der Waals surface area contributed by atoms with E-state index in [4.69, 9.17) is 0 Å². The van der Waals surface area contributed by atoms with Gasteiger partial charge in [0.1, 0.15) is 0 Å². The number of fused-ring (bicyclic) bond motifs is 1. The van der Waals surface area contributed by atoms with Crippen LogP contribution in [0.15, 0.2) is 78.9 Å². The summed E-state index contributed by atoms with van der Waals surface area (Å²) >= 11 is 0. The monoisotopic (exact) mass is 523 g/mol. The number of hydrogen-bond acceptors (Lipinski definition) is 3. The highest BCUT2D eigenvalue weighted by Crippen LogP contribution is 2.43. The highest BCUT2D eigenvalue weighted by Gasteiger charge is 2.38. The van der Waals surface area contributed by atoms with E-state index in [1.165, 1.54) is 5.56 Å². The van der Waals surface area contributed by atoms with Gasteiger partial charge in [0.05, 0.1) is 6.04 Å². The third-order valence-electron chi connectivity index (χ3n) is 8.27. The van der Waals surface area contributed by atoms with Gasteiger partial charge in [-0.25, -0.2) is 0 Å². The van der Waals surface area contributed by atoms with Gasteiger partial charge in [-0.05, 0) is 73.6 Å². The Bertz CT molecular complexity index is 1330. The average molecular weight is 524 g/mol. The molecule has 2 aliphatic rings. The molecule has 6 nitrogen and oxygen atoms in total. The lowest BCUT2D eigenvalue weighted by Crippen LogP contribution is -2.47. The number of hydrogen-bond donors (Lipinski definition) is 0. The summed E-state index contributed by atoms with van der Waals surface area (Å²) in [5.74, 6) is 0.580. The molecular weight excluding hydrogens is 486 g/mol. The van der Waals surface area contributed by atoms with Gasteiger partial charge in [0.25, 0.3) is 5.91 Å². The van der Waals surface area contributed by atoms with Crippen molar-refractivity contribution in [3.05, 3.63) is 95.6 Å². The van der Waals surface area contributed by atoms with E-state index < -0.39 is 0 Å². The number of rotatable bonds is 5. The second-order valence-electron chi connectivity index (χ2n) is 10.7. The third kappa shape index (κ3) is 5.33. The predicted octanol–water partition coefficient (Wildman–Crippen LogP) is 6.34. The lowest BCUT2D eigenvalue weighted by molar-refractivity contribution is -0.129. The maximum Gasteiger partial charge on any atom is 0.258 e. The minimum atomic E-state index is -0.154. The zero-order chi connectivity index (χ0) is 27.5. The van der Waals surface area contributed by atoms with Crippen LogP contribution in [-0.4, -0.2) is 41.8 Å². The van der Waals surface area contributed by atoms with E-state index in [1.54, 1.807) is 6.92 Å². The molecule has 0 spiro atoms. The van der Waals surface area contributed by atoms with Crippen molar-refractivity contribution >= 4 is 29.1 Å². The summed E-state index contributed by atoms with van der Waals surface area (Å²) < 4.78 is 0. The van der Waals surface area contributed by atoms with Gasteiger partial charge < -0.3 is 14.7 Å². The number of carbonyl (C=O) groups excluding carboxylic acids is 3. The minimum absolute atomic E-state index is 0.0283. The molecule has 3 aromatic carbocycles. The molecule has 1 fully saturated rings. The first-order valence-corrected chi connectivity index (χ1v) is 14.0. The Morgan fingerprint density at radius 2 is 1.51 bits per heavy atom. The van der Waals surface area contributed by atoms with Gasteiger partial charge >= 0.3 is 0 Å². The number of piperidine rings is 1. The molecule has 0 bridgehead atoms. The Morgan fingerprint density at radius 1 is 0.872 bits per heavy atom. The van der Waals surface area contributed by atoms with Crippen molar-refractivity contribution in [2.75, 3.05) is 22.9 Å². The van der Waals surface area contributed by atoms with E-state index >= 15 is 0 Å². The van der Waals surface area contributed by atoms with Crippen molar-refractivity contribution in [3.8, 4) is 0 Å². The summed E-state index contributed by atoms with van der Waals surface area (Å²) in [7, 11) is 0. The molecule has 5 rings (SSSR count). The number of para-hydroxylation sites is 2. The van der Waals surface area contributed by atoms with E-state index in [0.29, 0.717) is 24.3 Å². The van der Waals surface area contributed by atoms with Crippen LogP contribution in [0.3, 0.4) is 0 Å². The van der Waals surface area contributed by atoms with Gasteiger partial charge in [0, 0.05) is 49.4 Å². The molecule has 2 unspecified atom stereocenters. The van der Waals surface area contributed by atoms with Gasteiger partial charge in [-0.2, -0.15) is 0 Å². The minimum Gasteiger partial charge on any atom is -0.343 e. The van der Waals surface area contributed by atoms with Crippen molar-refractivity contribution in [1.82, 2.24) is 4.90 Å². The topological polar surface area (TPSA) is 60.9 Å². The molecule has 1 saturated heterocycles. The van der Waals surface area contributed by atoms with Gasteiger partial charge in [0.2, 0.25) is 11.8 Å². The fraction of sp³-hybridized carbons (Fsp3) is 0.364. The maximum absolute atomic E-state index is 13.9. The molecular formula is C33H37N3O3. The van der Waals surface area contributed by atoms with Crippen LogP contribution in [0.5, 0.6) is 0 Å². The van der Waals surface area contributed by atoms with Crippen LogP contribution in [0.1, 0.15) is 79.9 Å². The van der Waals surface area contributed by atoms with Crippen LogP contribution >= 0.6 is 0 Å². The average Bonchev–Trinajstić information content (AvgIpc) is 2.97. The molecule has 3 aromatic rings. The fourth-order valence-corrected chi connectivity index (χ4v) is 6.16. The summed E-state index contributed by atoms with van der Waals surface area (Å²) in [6.07, 6.45) is 2.94. The van der Waals surface area contributed by atoms with E-state index in [-0.39, 0.29) is 29.8 Å². The quantitative estimate of drug-likeness (QED) is 0.392. The molecule has 2 aliphatic heterocycles. The molecule has 0 radical (unpaired) electrons. The first kappa shape index (κ1) is 26.7. The second-order valence-corrected chi connectivity index (χ2v) is 10.7. The first-order valence-electron chi connectivity index (χ1n) is 14.0. The van der Waals surface area contributed by atoms with E-state index in [9.17, 15) is 14.4 Å². The van der Waals surface area contributed by atoms with Crippen molar-refractivity contribution in [1.29, 1.82) is 0 Å². The smallest absolute Gasteiger partial charge is 0.258 e. The van der Waals surface area contributed by atoms with Crippen molar-refractivity contribution < 1.29 is 14.4 Å². The van der Waals surface area contributed by atoms with E-state index in [1.807, 2.05) is 88.4 Å². The lowest BCUT2D eigenvalue weighted by Gasteiger charge is -2.43. The number of amides is 3. The maximum atomic E-state index is 13.9. The number of benzene rings is 3. The molecule has 202 valence electrons. The van der Waals surface area contributed by atoms with Crippen LogP contribution < -0.4 is 9.80 Å². The summed E-state index contributed by atoms with van der Waals surface area (Å²) in [6.45, 7) is 7.15. The summed E-state index contributed by atoms with van der Waals surface area (Å²) in [4.78, 5) is 44.5. The largest absolute Gasteiger partial charge is 0.343 e. The molecule has 0 aliphatic carbocycles. The molecule has 39 heavy (non-hydrogen) atoms. The third-order valence-corrected chi connectivity index (χ3v) is 8.27. The van der Waals surface area contributed by atoms with Gasteiger partial charge in [0.15, 0.2) is 0 Å². The number of anilines is 2. The highest BCUT2D eigenvalue weighted by molar-refractivity contribution is 6.07. The van der Waals surface area contributed by atoms with Crippen LogP contribution in [0, 0.1) is 0 Å². The van der Waals surface area contributed by atoms with Crippen LogP contribution in [0.4, 0.5) is 11.4 Å². The molecule has 0 aromatic heterocycles. The van der Waals surface area contributed by atoms with Gasteiger partial charge in [-0.1, -0.05) is 55.5 Å². The normalized spacial score (nSPS) is 19.4. The molecule has 2 heterocycles. The van der Waals surface area contributed by atoms with Gasteiger partial charge in [-0.3, -0.25) is 14.4 Å². The zero-order valence-electron chi connectivity index (χ0n) is 23.0. The van der Waals surface area contributed by atoms with E-state index in [0.717, 1.165) is 42.9 Å². The Kier molecular flexibility index (Phi) is 7.82. The van der Waals surface area contributed by atoms with Crippen LogP contribution in [0.25, 0.3) is 0 Å². The first-order chi connectivity index (χ1) is 18.9. The molecule has 3 amide bonds. The number of carbonyl (C=O) groups is 3. The number of nitrogens with zero attached hydrogens (tertiary/aromatic N) is 3. The Hall–Kier alpha value is -3.93. The number of likely N-dealkylation sites (tertiary alicyclic amines) is 1. The molecule has 6 heteroatoms. The van der Waals surface area contributed by atoms with Crippen molar-refractivity contribution in [2.45, 2.75) is 64.5 Å². The predicted molar refractivity (Wildman–Crippen MR) is 155 cm³/mol. The van der Waals surface area contributed by atoms with Crippen molar-refractivity contribution in [2.24, 2.45) is 0 Å². The van der Waals surface area contributed by atoms with E-state index in [2.05, 4.69) is 19.1 Å². The highest BCUT2D eigenvalue weighted by atomic mass is 16.2. The standard InChI is InChI=1S/C33H37N3O3/c1-4-32(38)36(28-10-6-5-7-11-28)31-22-23(2)35(30-13-9-8-12-29(30)31)33(39)27-16-14-25(15-17-27)26-18-20-34(21-19-26)24(3)37/h5-17,23,26,31H,4,18-22H2,1-3H3. The Balaban J connectivity index is 1.41. The lowest BCUT2D eigenvalue weighted by atomic mass is 9.88. The summed E-state index contributed by atoms with van der Waals surface area (Å²) in [5, 5.41) is 0. The molecule has 0 saturated carbocycles.